The highest BCUT2D eigenvalue weighted by Crippen LogP contribution is 2.24. The maximum atomic E-state index is 10.6. The van der Waals surface area contributed by atoms with E-state index in [9.17, 15) is 10.1 Å². The fourth-order valence-corrected chi connectivity index (χ4v) is 2.42. The number of nitro benzene ring substituents is 1. The number of nitro groups is 1. The average Bonchev–Trinajstić information content (AvgIpc) is 2.88. The van der Waals surface area contributed by atoms with Gasteiger partial charge >= 0.3 is 0 Å². The topological polar surface area (TPSA) is 68.1 Å². The van der Waals surface area contributed by atoms with Crippen molar-refractivity contribution in [3.63, 3.8) is 0 Å². The van der Waals surface area contributed by atoms with E-state index in [2.05, 4.69) is 17.2 Å². The van der Waals surface area contributed by atoms with Gasteiger partial charge in [0.05, 0.1) is 10.6 Å². The summed E-state index contributed by atoms with van der Waals surface area (Å²) >= 11 is 1.60. The van der Waals surface area contributed by atoms with Crippen LogP contribution in [0.5, 0.6) is 0 Å². The predicted octanol–water partition coefficient (Wildman–Crippen LogP) is 3.22. The Bertz CT molecular complexity index is 551. The molecule has 0 aliphatic carbocycles. The quantitative estimate of drug-likeness (QED) is 0.500. The summed E-state index contributed by atoms with van der Waals surface area (Å²) in [6.45, 7) is 3.87. The van der Waals surface area contributed by atoms with Crippen molar-refractivity contribution in [1.29, 1.82) is 0 Å². The second kappa shape index (κ2) is 6.40. The lowest BCUT2D eigenvalue weighted by Crippen LogP contribution is -2.13. The number of thiazole rings is 1. The molecule has 100 valence electrons. The van der Waals surface area contributed by atoms with Gasteiger partial charge in [0, 0.05) is 29.6 Å². The predicted molar refractivity (Wildman–Crippen MR) is 76.2 cm³/mol. The van der Waals surface area contributed by atoms with Crippen LogP contribution in [-0.4, -0.2) is 16.5 Å². The van der Waals surface area contributed by atoms with Crippen molar-refractivity contribution in [2.45, 2.75) is 19.9 Å². The van der Waals surface area contributed by atoms with Crippen LogP contribution in [0.2, 0.25) is 0 Å². The molecule has 0 unspecified atom stereocenters. The van der Waals surface area contributed by atoms with E-state index in [4.69, 9.17) is 0 Å². The Kier molecular flexibility index (Phi) is 4.59. The molecule has 1 N–H and O–H groups in total. The van der Waals surface area contributed by atoms with Crippen LogP contribution < -0.4 is 5.32 Å². The zero-order valence-corrected chi connectivity index (χ0v) is 11.4. The van der Waals surface area contributed by atoms with Gasteiger partial charge in [-0.05, 0) is 25.1 Å². The van der Waals surface area contributed by atoms with Crippen molar-refractivity contribution in [3.8, 4) is 11.3 Å². The number of rotatable bonds is 6. The third-order valence-corrected chi connectivity index (χ3v) is 3.48. The second-order valence-electron chi connectivity index (χ2n) is 4.11. The standard InChI is InChI=1S/C13H15N3O2S/c1-2-7-14-8-13-15-12(9-19-13)10-3-5-11(6-4-10)16(17)18/h3-6,9,14H,2,7-8H2,1H3. The number of hydrogen-bond donors (Lipinski definition) is 1. The van der Waals surface area contributed by atoms with Gasteiger partial charge in [0.25, 0.3) is 5.69 Å². The molecule has 19 heavy (non-hydrogen) atoms. The maximum Gasteiger partial charge on any atom is 0.269 e. The first kappa shape index (κ1) is 13.6. The lowest BCUT2D eigenvalue weighted by molar-refractivity contribution is -0.384. The summed E-state index contributed by atoms with van der Waals surface area (Å²) < 4.78 is 0. The molecule has 2 aromatic rings. The fourth-order valence-electron chi connectivity index (χ4n) is 1.65. The van der Waals surface area contributed by atoms with Gasteiger partial charge in [-0.2, -0.15) is 0 Å². The lowest BCUT2D eigenvalue weighted by atomic mass is 10.1. The minimum Gasteiger partial charge on any atom is -0.310 e. The van der Waals surface area contributed by atoms with Crippen LogP contribution in [0.25, 0.3) is 11.3 Å². The molecule has 1 aromatic heterocycles. The molecule has 0 atom stereocenters. The Morgan fingerprint density at radius 1 is 1.37 bits per heavy atom. The monoisotopic (exact) mass is 277 g/mol. The molecule has 0 saturated heterocycles. The normalized spacial score (nSPS) is 10.6. The highest BCUT2D eigenvalue weighted by atomic mass is 32.1. The molecule has 0 aliphatic heterocycles. The molecule has 1 aromatic carbocycles. The van der Waals surface area contributed by atoms with E-state index in [1.807, 2.05) is 5.38 Å². The smallest absolute Gasteiger partial charge is 0.269 e. The van der Waals surface area contributed by atoms with Crippen LogP contribution in [0.4, 0.5) is 5.69 Å². The van der Waals surface area contributed by atoms with Crippen LogP contribution in [0, 0.1) is 10.1 Å². The number of hydrogen-bond acceptors (Lipinski definition) is 5. The highest BCUT2D eigenvalue weighted by Gasteiger charge is 2.07. The minimum absolute atomic E-state index is 0.101. The average molecular weight is 277 g/mol. The van der Waals surface area contributed by atoms with Gasteiger partial charge in [-0.25, -0.2) is 4.98 Å². The lowest BCUT2D eigenvalue weighted by Gasteiger charge is -1.98. The molecular formula is C13H15N3O2S. The van der Waals surface area contributed by atoms with Gasteiger partial charge in [-0.15, -0.1) is 11.3 Å². The van der Waals surface area contributed by atoms with E-state index in [0.717, 1.165) is 35.8 Å². The number of nitrogens with one attached hydrogen (secondary N) is 1. The summed E-state index contributed by atoms with van der Waals surface area (Å²) in [6, 6.07) is 6.47. The zero-order valence-electron chi connectivity index (χ0n) is 10.6. The van der Waals surface area contributed by atoms with Crippen molar-refractivity contribution >= 4 is 17.0 Å². The van der Waals surface area contributed by atoms with Gasteiger partial charge in [0.1, 0.15) is 5.01 Å². The molecule has 0 aliphatic rings. The summed E-state index contributed by atoms with van der Waals surface area (Å²) in [7, 11) is 0. The number of aromatic nitrogens is 1. The molecule has 6 heteroatoms. The molecule has 5 nitrogen and oxygen atoms in total. The van der Waals surface area contributed by atoms with Crippen molar-refractivity contribution in [1.82, 2.24) is 10.3 Å². The molecule has 1 heterocycles. The summed E-state index contributed by atoms with van der Waals surface area (Å²) in [6.07, 6.45) is 1.10. The summed E-state index contributed by atoms with van der Waals surface area (Å²) in [4.78, 5) is 14.7. The Morgan fingerprint density at radius 2 is 2.11 bits per heavy atom. The second-order valence-corrected chi connectivity index (χ2v) is 5.05. The Morgan fingerprint density at radius 3 is 2.74 bits per heavy atom. The van der Waals surface area contributed by atoms with E-state index >= 15 is 0 Å². The maximum absolute atomic E-state index is 10.6. The molecule has 0 fully saturated rings. The summed E-state index contributed by atoms with van der Waals surface area (Å²) in [5.41, 5.74) is 1.88. The van der Waals surface area contributed by atoms with Gasteiger partial charge in [0.2, 0.25) is 0 Å². The van der Waals surface area contributed by atoms with E-state index in [1.54, 1.807) is 23.5 Å². The SMILES string of the molecule is CCCNCc1nc(-c2ccc([N+](=O)[O-])cc2)cs1. The summed E-state index contributed by atoms with van der Waals surface area (Å²) in [5.74, 6) is 0. The van der Waals surface area contributed by atoms with Crippen LogP contribution in [-0.2, 0) is 6.54 Å². The first-order valence-electron chi connectivity index (χ1n) is 6.10. The molecule has 0 bridgehead atoms. The van der Waals surface area contributed by atoms with E-state index in [-0.39, 0.29) is 5.69 Å². The van der Waals surface area contributed by atoms with Crippen molar-refractivity contribution < 1.29 is 4.92 Å². The van der Waals surface area contributed by atoms with Gasteiger partial charge < -0.3 is 5.32 Å². The molecule has 0 amide bonds. The Hall–Kier alpha value is -1.79. The third kappa shape index (κ3) is 3.59. The number of nitrogens with zero attached hydrogens (tertiary/aromatic N) is 2. The zero-order chi connectivity index (χ0) is 13.7. The first-order chi connectivity index (χ1) is 9.20. The van der Waals surface area contributed by atoms with Crippen LogP contribution in [0.15, 0.2) is 29.6 Å². The number of benzene rings is 1. The van der Waals surface area contributed by atoms with Gasteiger partial charge in [0.15, 0.2) is 0 Å². The van der Waals surface area contributed by atoms with Gasteiger partial charge in [-0.3, -0.25) is 10.1 Å². The van der Waals surface area contributed by atoms with E-state index < -0.39 is 4.92 Å². The van der Waals surface area contributed by atoms with Crippen LogP contribution in [0.3, 0.4) is 0 Å². The van der Waals surface area contributed by atoms with E-state index in [0.29, 0.717) is 0 Å². The van der Waals surface area contributed by atoms with Crippen molar-refractivity contribution in [2.75, 3.05) is 6.54 Å². The largest absolute Gasteiger partial charge is 0.310 e. The highest BCUT2D eigenvalue weighted by molar-refractivity contribution is 7.09. The Balaban J connectivity index is 2.07. The first-order valence-corrected chi connectivity index (χ1v) is 6.98. The van der Waals surface area contributed by atoms with Crippen molar-refractivity contribution in [3.05, 3.63) is 44.8 Å². The molecule has 2 rings (SSSR count). The van der Waals surface area contributed by atoms with Crippen LogP contribution >= 0.6 is 11.3 Å². The number of non-ortho nitro benzene ring substituents is 1. The molecule has 0 spiro atoms. The Labute approximate surface area is 115 Å². The molecule has 0 radical (unpaired) electrons. The van der Waals surface area contributed by atoms with E-state index in [1.165, 1.54) is 12.1 Å². The van der Waals surface area contributed by atoms with Crippen LogP contribution in [0.1, 0.15) is 18.4 Å². The minimum atomic E-state index is -0.398. The molecular weight excluding hydrogens is 262 g/mol. The molecule has 0 saturated carbocycles. The van der Waals surface area contributed by atoms with Crippen molar-refractivity contribution in [2.24, 2.45) is 0 Å². The fraction of sp³-hybridized carbons (Fsp3) is 0.308. The van der Waals surface area contributed by atoms with Gasteiger partial charge in [-0.1, -0.05) is 6.92 Å². The summed E-state index contributed by atoms with van der Waals surface area (Å²) in [5, 5.41) is 16.9. The third-order valence-electron chi connectivity index (χ3n) is 2.63.